The SMILES string of the molecule is O=C1Nc2ccccc2S(=O)(=O)c2ccc([N+](=O)[O-])cc21. The summed E-state index contributed by atoms with van der Waals surface area (Å²) in [5.74, 6) is -0.692. The average molecular weight is 304 g/mol. The molecule has 0 unspecified atom stereocenters. The van der Waals surface area contributed by atoms with E-state index in [0.717, 1.165) is 18.2 Å². The largest absolute Gasteiger partial charge is 0.321 e. The van der Waals surface area contributed by atoms with Crippen LogP contribution in [-0.2, 0) is 9.84 Å². The Morgan fingerprint density at radius 2 is 1.76 bits per heavy atom. The Balaban J connectivity index is 2.35. The molecule has 2 aromatic rings. The molecule has 1 N–H and O–H groups in total. The van der Waals surface area contributed by atoms with E-state index in [9.17, 15) is 23.3 Å². The van der Waals surface area contributed by atoms with Gasteiger partial charge >= 0.3 is 0 Å². The Morgan fingerprint density at radius 3 is 2.48 bits per heavy atom. The lowest BCUT2D eigenvalue weighted by molar-refractivity contribution is -0.384. The van der Waals surface area contributed by atoms with Crippen molar-refractivity contribution in [3.05, 3.63) is 58.1 Å². The van der Waals surface area contributed by atoms with Crippen LogP contribution < -0.4 is 5.32 Å². The van der Waals surface area contributed by atoms with Crippen molar-refractivity contribution in [2.75, 3.05) is 5.32 Å². The third-order valence-electron chi connectivity index (χ3n) is 3.13. The van der Waals surface area contributed by atoms with Crippen molar-refractivity contribution in [1.29, 1.82) is 0 Å². The van der Waals surface area contributed by atoms with Crippen LogP contribution in [-0.4, -0.2) is 19.2 Å². The predicted octanol–water partition coefficient (Wildman–Crippen LogP) is 1.99. The number of nitrogens with one attached hydrogen (secondary N) is 1. The van der Waals surface area contributed by atoms with Crippen molar-refractivity contribution in [2.24, 2.45) is 0 Å². The lowest BCUT2D eigenvalue weighted by atomic mass is 10.2. The predicted molar refractivity (Wildman–Crippen MR) is 72.9 cm³/mol. The van der Waals surface area contributed by atoms with Gasteiger partial charge in [0.1, 0.15) is 0 Å². The van der Waals surface area contributed by atoms with Crippen LogP contribution in [0, 0.1) is 10.1 Å². The molecule has 0 atom stereocenters. The van der Waals surface area contributed by atoms with Gasteiger partial charge in [0.05, 0.1) is 26.0 Å². The van der Waals surface area contributed by atoms with Gasteiger partial charge in [0.25, 0.3) is 11.6 Å². The van der Waals surface area contributed by atoms with E-state index in [0.29, 0.717) is 0 Å². The van der Waals surface area contributed by atoms with Crippen molar-refractivity contribution in [2.45, 2.75) is 9.79 Å². The van der Waals surface area contributed by atoms with Gasteiger partial charge < -0.3 is 5.32 Å². The third kappa shape index (κ3) is 1.96. The Hall–Kier alpha value is -2.74. The maximum atomic E-state index is 12.6. The molecule has 21 heavy (non-hydrogen) atoms. The number of non-ortho nitro benzene ring substituents is 1. The van der Waals surface area contributed by atoms with Gasteiger partial charge in [-0.3, -0.25) is 14.9 Å². The molecule has 1 aliphatic rings. The molecule has 0 aromatic heterocycles. The van der Waals surface area contributed by atoms with Gasteiger partial charge in [-0.15, -0.1) is 0 Å². The average Bonchev–Trinajstić information content (AvgIpc) is 2.54. The molecule has 1 aliphatic heterocycles. The summed E-state index contributed by atoms with van der Waals surface area (Å²) in [7, 11) is -3.92. The second-order valence-corrected chi connectivity index (χ2v) is 6.28. The standard InChI is InChI=1S/C13H8N2O5S/c16-13-9-7-8(15(17)18)5-6-11(9)21(19,20)12-4-2-1-3-10(12)14-13/h1-7H,(H,14,16). The molecule has 0 radical (unpaired) electrons. The van der Waals surface area contributed by atoms with Gasteiger partial charge in [-0.25, -0.2) is 8.42 Å². The number of benzene rings is 2. The maximum absolute atomic E-state index is 12.6. The van der Waals surface area contributed by atoms with Crippen LogP contribution in [0.5, 0.6) is 0 Å². The smallest absolute Gasteiger partial charge is 0.270 e. The minimum absolute atomic E-state index is 0.0362. The van der Waals surface area contributed by atoms with E-state index in [2.05, 4.69) is 5.32 Å². The third-order valence-corrected chi connectivity index (χ3v) is 5.00. The first-order valence-corrected chi connectivity index (χ1v) is 7.33. The number of amides is 1. The fraction of sp³-hybridized carbons (Fsp3) is 0. The van der Waals surface area contributed by atoms with Crippen molar-refractivity contribution in [3.63, 3.8) is 0 Å². The maximum Gasteiger partial charge on any atom is 0.270 e. The second kappa shape index (κ2) is 4.38. The van der Waals surface area contributed by atoms with E-state index >= 15 is 0 Å². The van der Waals surface area contributed by atoms with E-state index in [1.165, 1.54) is 12.1 Å². The highest BCUT2D eigenvalue weighted by Crippen LogP contribution is 2.34. The number of nitro groups is 1. The summed E-state index contributed by atoms with van der Waals surface area (Å²) in [6, 6.07) is 9.09. The summed E-state index contributed by atoms with van der Waals surface area (Å²) in [6.45, 7) is 0. The summed E-state index contributed by atoms with van der Waals surface area (Å²) in [4.78, 5) is 22.0. The summed E-state index contributed by atoms with van der Waals surface area (Å²) in [5, 5.41) is 13.2. The van der Waals surface area contributed by atoms with Gasteiger partial charge in [0.2, 0.25) is 9.84 Å². The van der Waals surface area contributed by atoms with Crippen molar-refractivity contribution in [3.8, 4) is 0 Å². The Morgan fingerprint density at radius 1 is 1.05 bits per heavy atom. The van der Waals surface area contributed by atoms with Gasteiger partial charge in [-0.05, 0) is 18.2 Å². The highest BCUT2D eigenvalue weighted by Gasteiger charge is 2.32. The minimum Gasteiger partial charge on any atom is -0.321 e. The summed E-state index contributed by atoms with van der Waals surface area (Å²) in [5.41, 5.74) is -0.424. The molecule has 7 nitrogen and oxygen atoms in total. The molecular weight excluding hydrogens is 296 g/mol. The number of fused-ring (bicyclic) bond motifs is 2. The fourth-order valence-corrected chi connectivity index (χ4v) is 3.75. The minimum atomic E-state index is -3.92. The van der Waals surface area contributed by atoms with Gasteiger partial charge in [-0.2, -0.15) is 0 Å². The zero-order chi connectivity index (χ0) is 15.2. The number of nitro benzene ring substituents is 1. The van der Waals surface area contributed by atoms with E-state index in [1.807, 2.05) is 0 Å². The molecular formula is C13H8N2O5S. The molecule has 8 heteroatoms. The molecule has 3 rings (SSSR count). The van der Waals surface area contributed by atoms with Crippen LogP contribution >= 0.6 is 0 Å². The van der Waals surface area contributed by atoms with E-state index < -0.39 is 20.7 Å². The van der Waals surface area contributed by atoms with E-state index in [4.69, 9.17) is 0 Å². The molecule has 0 spiro atoms. The normalized spacial score (nSPS) is 15.3. The number of anilines is 1. The summed E-state index contributed by atoms with van der Waals surface area (Å²) < 4.78 is 25.2. The fourth-order valence-electron chi connectivity index (χ4n) is 2.16. The summed E-state index contributed by atoms with van der Waals surface area (Å²) in [6.07, 6.45) is 0. The molecule has 0 fully saturated rings. The van der Waals surface area contributed by atoms with Gasteiger partial charge in [0.15, 0.2) is 0 Å². The lowest BCUT2D eigenvalue weighted by Crippen LogP contribution is -2.12. The van der Waals surface area contributed by atoms with Gasteiger partial charge in [-0.1, -0.05) is 12.1 Å². The van der Waals surface area contributed by atoms with Crippen LogP contribution in [0.4, 0.5) is 11.4 Å². The number of sulfone groups is 1. The van der Waals surface area contributed by atoms with Crippen LogP contribution in [0.1, 0.15) is 10.4 Å². The van der Waals surface area contributed by atoms with Crippen molar-refractivity contribution >= 4 is 27.1 Å². The zero-order valence-electron chi connectivity index (χ0n) is 10.4. The number of carbonyl (C=O) groups excluding carboxylic acids is 1. The first-order chi connectivity index (χ1) is 9.91. The molecule has 0 saturated heterocycles. The van der Waals surface area contributed by atoms with Crippen LogP contribution in [0.25, 0.3) is 0 Å². The number of nitrogens with zero attached hydrogens (tertiary/aromatic N) is 1. The molecule has 0 aliphatic carbocycles. The van der Waals surface area contributed by atoms with Crippen LogP contribution in [0.3, 0.4) is 0 Å². The first-order valence-electron chi connectivity index (χ1n) is 5.85. The molecule has 1 amide bonds. The van der Waals surface area contributed by atoms with Gasteiger partial charge in [0, 0.05) is 12.1 Å². The molecule has 0 saturated carbocycles. The molecule has 1 heterocycles. The monoisotopic (exact) mass is 304 g/mol. The zero-order valence-corrected chi connectivity index (χ0v) is 11.3. The topological polar surface area (TPSA) is 106 Å². The quantitative estimate of drug-likeness (QED) is 0.640. The number of rotatable bonds is 1. The van der Waals surface area contributed by atoms with E-state index in [1.54, 1.807) is 12.1 Å². The van der Waals surface area contributed by atoms with Crippen molar-refractivity contribution in [1.82, 2.24) is 0 Å². The highest BCUT2D eigenvalue weighted by atomic mass is 32.2. The highest BCUT2D eigenvalue weighted by molar-refractivity contribution is 7.91. The Kier molecular flexibility index (Phi) is 2.77. The number of hydrogen-bond acceptors (Lipinski definition) is 5. The molecule has 0 bridgehead atoms. The van der Waals surface area contributed by atoms with Crippen molar-refractivity contribution < 1.29 is 18.1 Å². The van der Waals surface area contributed by atoms with Crippen LogP contribution in [0.15, 0.2) is 52.3 Å². The number of para-hydroxylation sites is 1. The second-order valence-electron chi connectivity index (χ2n) is 4.39. The Bertz CT molecular complexity index is 889. The van der Waals surface area contributed by atoms with E-state index in [-0.39, 0.29) is 26.7 Å². The number of carbonyl (C=O) groups is 1. The summed E-state index contributed by atoms with van der Waals surface area (Å²) >= 11 is 0. The first kappa shape index (κ1) is 13.3. The molecule has 2 aromatic carbocycles. The number of hydrogen-bond donors (Lipinski definition) is 1. The lowest BCUT2D eigenvalue weighted by Gasteiger charge is -2.05. The van der Waals surface area contributed by atoms with Crippen LogP contribution in [0.2, 0.25) is 0 Å². The molecule has 106 valence electrons. The Labute approximate surface area is 119 Å².